The molecule has 26 heavy (non-hydrogen) atoms. The minimum absolute atomic E-state index is 0.183. The van der Waals surface area contributed by atoms with Gasteiger partial charge < -0.3 is 19.0 Å². The second kappa shape index (κ2) is 7.58. The molecule has 136 valence electrons. The van der Waals surface area contributed by atoms with Gasteiger partial charge in [0, 0.05) is 42.0 Å². The molecule has 3 heterocycles. The van der Waals surface area contributed by atoms with Crippen LogP contribution in [0.5, 0.6) is 0 Å². The predicted molar refractivity (Wildman–Crippen MR) is 102 cm³/mol. The summed E-state index contributed by atoms with van der Waals surface area (Å²) in [5, 5.41) is 0. The lowest BCUT2D eigenvalue weighted by atomic mass is 10.1. The van der Waals surface area contributed by atoms with Gasteiger partial charge in [-0.1, -0.05) is 6.07 Å². The number of nitrogens with one attached hydrogen (secondary N) is 1. The minimum atomic E-state index is -0.388. The van der Waals surface area contributed by atoms with E-state index in [2.05, 4.69) is 9.88 Å². The SMILES string of the molecule is CCOC(=O)c1cc2ccccn2c1-c1cc(CCN(C)C)[nH]c(=O)c1. The number of hydrogen-bond donors (Lipinski definition) is 1. The highest BCUT2D eigenvalue weighted by Crippen LogP contribution is 2.28. The molecular formula is C20H23N3O3. The number of aromatic amines is 1. The number of pyridine rings is 2. The standard InChI is InChI=1S/C20H23N3O3/c1-4-26-20(25)17-13-16-7-5-6-9-23(16)19(17)14-11-15(8-10-22(2)3)21-18(24)12-14/h5-7,9,11-13H,4,8,10H2,1-3H3,(H,21,24). The lowest BCUT2D eigenvalue weighted by molar-refractivity contribution is 0.0527. The van der Waals surface area contributed by atoms with Gasteiger partial charge in [-0.3, -0.25) is 4.79 Å². The van der Waals surface area contributed by atoms with Crippen molar-refractivity contribution in [3.63, 3.8) is 0 Å². The molecule has 0 spiro atoms. The summed E-state index contributed by atoms with van der Waals surface area (Å²) in [7, 11) is 3.97. The van der Waals surface area contributed by atoms with Gasteiger partial charge in [-0.05, 0) is 45.3 Å². The van der Waals surface area contributed by atoms with Gasteiger partial charge in [0.15, 0.2) is 0 Å². The van der Waals surface area contributed by atoms with Crippen LogP contribution >= 0.6 is 0 Å². The molecule has 3 aromatic rings. The quantitative estimate of drug-likeness (QED) is 0.692. The number of carbonyl (C=O) groups excluding carboxylic acids is 1. The molecule has 0 saturated carbocycles. The number of likely N-dealkylation sites (N-methyl/N-ethyl adjacent to an activating group) is 1. The third-order valence-corrected chi connectivity index (χ3v) is 4.18. The van der Waals surface area contributed by atoms with Crippen LogP contribution in [0.2, 0.25) is 0 Å². The maximum atomic E-state index is 12.5. The fraction of sp³-hybridized carbons (Fsp3) is 0.300. The molecule has 0 saturated heterocycles. The Morgan fingerprint density at radius 1 is 1.23 bits per heavy atom. The molecule has 3 rings (SSSR count). The molecule has 0 atom stereocenters. The fourth-order valence-corrected chi connectivity index (χ4v) is 3.00. The molecule has 0 fully saturated rings. The maximum Gasteiger partial charge on any atom is 0.340 e. The molecule has 1 N–H and O–H groups in total. The van der Waals surface area contributed by atoms with E-state index in [1.54, 1.807) is 13.0 Å². The Labute approximate surface area is 152 Å². The number of hydrogen-bond acceptors (Lipinski definition) is 4. The van der Waals surface area contributed by atoms with Crippen LogP contribution in [0.1, 0.15) is 23.0 Å². The Kier molecular flexibility index (Phi) is 5.23. The highest BCUT2D eigenvalue weighted by Gasteiger charge is 2.20. The number of esters is 1. The van der Waals surface area contributed by atoms with Crippen LogP contribution in [-0.2, 0) is 11.2 Å². The molecule has 0 aliphatic rings. The van der Waals surface area contributed by atoms with E-state index < -0.39 is 0 Å². The number of aromatic nitrogens is 2. The predicted octanol–water partition coefficient (Wildman–Crippen LogP) is 2.58. The molecular weight excluding hydrogens is 330 g/mol. The summed E-state index contributed by atoms with van der Waals surface area (Å²) < 4.78 is 7.13. The first-order valence-corrected chi connectivity index (χ1v) is 8.65. The van der Waals surface area contributed by atoms with E-state index in [9.17, 15) is 9.59 Å². The van der Waals surface area contributed by atoms with Gasteiger partial charge in [-0.2, -0.15) is 0 Å². The zero-order valence-corrected chi connectivity index (χ0v) is 15.3. The largest absolute Gasteiger partial charge is 0.462 e. The van der Waals surface area contributed by atoms with Gasteiger partial charge in [-0.15, -0.1) is 0 Å². The highest BCUT2D eigenvalue weighted by molar-refractivity contribution is 5.99. The average Bonchev–Trinajstić information content (AvgIpc) is 2.99. The van der Waals surface area contributed by atoms with Gasteiger partial charge in [0.05, 0.1) is 17.9 Å². The van der Waals surface area contributed by atoms with Crippen molar-refractivity contribution in [2.75, 3.05) is 27.2 Å². The molecule has 0 unspecified atom stereocenters. The van der Waals surface area contributed by atoms with Crippen LogP contribution in [0.3, 0.4) is 0 Å². The van der Waals surface area contributed by atoms with Gasteiger partial charge in [0.2, 0.25) is 5.56 Å². The van der Waals surface area contributed by atoms with Crippen LogP contribution in [0.25, 0.3) is 16.8 Å². The Hall–Kier alpha value is -2.86. The van der Waals surface area contributed by atoms with Gasteiger partial charge in [-0.25, -0.2) is 4.79 Å². The minimum Gasteiger partial charge on any atom is -0.462 e. The molecule has 0 aliphatic carbocycles. The van der Waals surface area contributed by atoms with E-state index >= 15 is 0 Å². The number of ether oxygens (including phenoxy) is 1. The summed E-state index contributed by atoms with van der Waals surface area (Å²) in [4.78, 5) is 29.6. The molecule has 3 aromatic heterocycles. The Morgan fingerprint density at radius 2 is 2.04 bits per heavy atom. The third kappa shape index (κ3) is 3.70. The zero-order valence-electron chi connectivity index (χ0n) is 15.3. The number of rotatable bonds is 6. The van der Waals surface area contributed by atoms with Gasteiger partial charge >= 0.3 is 5.97 Å². The van der Waals surface area contributed by atoms with E-state index in [1.165, 1.54) is 6.07 Å². The molecule has 0 aliphatic heterocycles. The summed E-state index contributed by atoms with van der Waals surface area (Å²) in [6.07, 6.45) is 2.60. The number of carbonyl (C=O) groups is 1. The van der Waals surface area contributed by atoms with Crippen LogP contribution < -0.4 is 5.56 Å². The van der Waals surface area contributed by atoms with Crippen molar-refractivity contribution in [2.45, 2.75) is 13.3 Å². The van der Waals surface area contributed by atoms with Crippen LogP contribution in [0, 0.1) is 0 Å². The van der Waals surface area contributed by atoms with Crippen molar-refractivity contribution in [1.82, 2.24) is 14.3 Å². The van der Waals surface area contributed by atoms with Crippen molar-refractivity contribution >= 4 is 11.5 Å². The first-order valence-electron chi connectivity index (χ1n) is 8.65. The van der Waals surface area contributed by atoms with Gasteiger partial charge in [0.1, 0.15) is 0 Å². The molecule has 6 nitrogen and oxygen atoms in total. The number of nitrogens with zero attached hydrogens (tertiary/aromatic N) is 2. The zero-order chi connectivity index (χ0) is 18.7. The third-order valence-electron chi connectivity index (χ3n) is 4.18. The van der Waals surface area contributed by atoms with Crippen LogP contribution in [0.4, 0.5) is 0 Å². The first-order chi connectivity index (χ1) is 12.5. The van der Waals surface area contributed by atoms with E-state index in [1.807, 2.05) is 49.0 Å². The molecule has 0 radical (unpaired) electrons. The smallest absolute Gasteiger partial charge is 0.340 e. The van der Waals surface area contributed by atoms with Crippen molar-refractivity contribution in [3.8, 4) is 11.3 Å². The summed E-state index contributed by atoms with van der Waals surface area (Å²) in [6, 6.07) is 11.0. The molecule has 0 amide bonds. The van der Waals surface area contributed by atoms with Crippen molar-refractivity contribution in [1.29, 1.82) is 0 Å². The summed E-state index contributed by atoms with van der Waals surface area (Å²) >= 11 is 0. The van der Waals surface area contributed by atoms with Crippen LogP contribution in [-0.4, -0.2) is 47.5 Å². The number of H-pyrrole nitrogens is 1. The molecule has 6 heteroatoms. The Bertz CT molecular complexity index is 985. The normalized spacial score (nSPS) is 11.2. The van der Waals surface area contributed by atoms with Gasteiger partial charge in [0.25, 0.3) is 0 Å². The lowest BCUT2D eigenvalue weighted by Crippen LogP contribution is -2.18. The van der Waals surface area contributed by atoms with Crippen LogP contribution in [0.15, 0.2) is 47.4 Å². The highest BCUT2D eigenvalue weighted by atomic mass is 16.5. The molecule has 0 bridgehead atoms. The number of fused-ring (bicyclic) bond motifs is 1. The molecule has 0 aromatic carbocycles. The van der Waals surface area contributed by atoms with E-state index in [-0.39, 0.29) is 11.5 Å². The fourth-order valence-electron chi connectivity index (χ4n) is 3.00. The van der Waals surface area contributed by atoms with Crippen molar-refractivity contribution < 1.29 is 9.53 Å². The van der Waals surface area contributed by atoms with Crippen molar-refractivity contribution in [2.24, 2.45) is 0 Å². The average molecular weight is 353 g/mol. The monoisotopic (exact) mass is 353 g/mol. The lowest BCUT2D eigenvalue weighted by Gasteiger charge is -2.11. The van der Waals surface area contributed by atoms with Crippen molar-refractivity contribution in [3.05, 3.63) is 64.2 Å². The van der Waals surface area contributed by atoms with E-state index in [0.717, 1.165) is 17.8 Å². The Balaban J connectivity index is 2.16. The maximum absolute atomic E-state index is 12.5. The Morgan fingerprint density at radius 3 is 2.77 bits per heavy atom. The second-order valence-corrected chi connectivity index (χ2v) is 6.43. The van der Waals surface area contributed by atoms with E-state index in [4.69, 9.17) is 4.74 Å². The summed E-state index contributed by atoms with van der Waals surface area (Å²) in [6.45, 7) is 2.90. The summed E-state index contributed by atoms with van der Waals surface area (Å²) in [5.41, 5.74) is 3.37. The summed E-state index contributed by atoms with van der Waals surface area (Å²) in [5.74, 6) is -0.388. The topological polar surface area (TPSA) is 66.8 Å². The van der Waals surface area contributed by atoms with E-state index in [0.29, 0.717) is 29.8 Å². The first kappa shape index (κ1) is 17.9. The second-order valence-electron chi connectivity index (χ2n) is 6.43.